The number of amides is 1. The van der Waals surface area contributed by atoms with Crippen molar-refractivity contribution in [1.82, 2.24) is 10.3 Å². The molecule has 0 bridgehead atoms. The number of hydrogen-bond donors (Lipinski definition) is 2. The lowest BCUT2D eigenvalue weighted by molar-refractivity contribution is 0.0951. The van der Waals surface area contributed by atoms with E-state index in [1.807, 2.05) is 37.3 Å². The van der Waals surface area contributed by atoms with Gasteiger partial charge in [0.2, 0.25) is 0 Å². The van der Waals surface area contributed by atoms with E-state index in [9.17, 15) is 4.79 Å². The number of carbonyl (C=O) groups excluding carboxylic acids is 1. The Bertz CT molecular complexity index is 582. The van der Waals surface area contributed by atoms with E-state index in [-0.39, 0.29) is 5.91 Å². The Kier molecular flexibility index (Phi) is 4.71. The molecule has 20 heavy (non-hydrogen) atoms. The van der Waals surface area contributed by atoms with Crippen LogP contribution in [0.1, 0.15) is 28.4 Å². The van der Waals surface area contributed by atoms with Gasteiger partial charge in [0.05, 0.1) is 0 Å². The van der Waals surface area contributed by atoms with E-state index in [0.29, 0.717) is 12.1 Å². The monoisotopic (exact) mass is 269 g/mol. The molecule has 1 amide bonds. The lowest BCUT2D eigenvalue weighted by Crippen LogP contribution is -2.22. The summed E-state index contributed by atoms with van der Waals surface area (Å²) in [5.41, 5.74) is 3.86. The molecule has 0 spiro atoms. The zero-order valence-electron chi connectivity index (χ0n) is 11.8. The third kappa shape index (κ3) is 3.57. The fourth-order valence-corrected chi connectivity index (χ4v) is 1.98. The summed E-state index contributed by atoms with van der Waals surface area (Å²) in [6.07, 6.45) is 3.44. The average molecular weight is 269 g/mol. The van der Waals surface area contributed by atoms with Crippen LogP contribution in [-0.4, -0.2) is 17.4 Å². The molecule has 1 heterocycles. The molecule has 0 aliphatic carbocycles. The van der Waals surface area contributed by atoms with Crippen molar-refractivity contribution < 1.29 is 4.79 Å². The normalized spacial score (nSPS) is 10.1. The first kappa shape index (κ1) is 14.1. The molecule has 1 aromatic heterocycles. The summed E-state index contributed by atoms with van der Waals surface area (Å²) in [6, 6.07) is 9.46. The summed E-state index contributed by atoms with van der Waals surface area (Å²) in [4.78, 5) is 16.0. The van der Waals surface area contributed by atoms with Crippen molar-refractivity contribution in [2.45, 2.75) is 20.4 Å². The molecule has 4 heteroatoms. The molecule has 0 aliphatic heterocycles. The van der Waals surface area contributed by atoms with Crippen LogP contribution in [0.25, 0.3) is 0 Å². The molecule has 2 aromatic rings. The fraction of sp³-hybridized carbons (Fsp3) is 0.250. The molecule has 0 fully saturated rings. The van der Waals surface area contributed by atoms with Crippen LogP contribution in [-0.2, 0) is 6.54 Å². The third-order valence-corrected chi connectivity index (χ3v) is 3.06. The predicted octanol–water partition coefficient (Wildman–Crippen LogP) is 2.75. The highest BCUT2D eigenvalue weighted by atomic mass is 16.1. The van der Waals surface area contributed by atoms with E-state index < -0.39 is 0 Å². The maximum atomic E-state index is 12.1. The highest BCUT2D eigenvalue weighted by Crippen LogP contribution is 2.16. The maximum absolute atomic E-state index is 12.1. The first-order chi connectivity index (χ1) is 9.70. The number of anilines is 1. The van der Waals surface area contributed by atoms with Gasteiger partial charge in [0.15, 0.2) is 0 Å². The number of rotatable bonds is 5. The minimum absolute atomic E-state index is 0.0621. The standard InChI is InChI=1S/C16H19N3O/c1-3-18-15-5-4-14(10-12(15)2)16(20)19-11-13-6-8-17-9-7-13/h4-10,18H,3,11H2,1-2H3,(H,19,20). The van der Waals surface area contributed by atoms with Crippen molar-refractivity contribution in [3.05, 3.63) is 59.4 Å². The van der Waals surface area contributed by atoms with Crippen LogP contribution in [0.4, 0.5) is 5.69 Å². The predicted molar refractivity (Wildman–Crippen MR) is 80.7 cm³/mol. The van der Waals surface area contributed by atoms with Crippen LogP contribution < -0.4 is 10.6 Å². The highest BCUT2D eigenvalue weighted by molar-refractivity contribution is 5.94. The van der Waals surface area contributed by atoms with Crippen molar-refractivity contribution >= 4 is 11.6 Å². The number of aromatic nitrogens is 1. The van der Waals surface area contributed by atoms with Crippen molar-refractivity contribution in [1.29, 1.82) is 0 Å². The zero-order chi connectivity index (χ0) is 14.4. The number of benzene rings is 1. The quantitative estimate of drug-likeness (QED) is 0.877. The van der Waals surface area contributed by atoms with E-state index in [1.54, 1.807) is 12.4 Å². The van der Waals surface area contributed by atoms with Crippen LogP contribution in [0.3, 0.4) is 0 Å². The van der Waals surface area contributed by atoms with Gasteiger partial charge in [-0.2, -0.15) is 0 Å². The van der Waals surface area contributed by atoms with Crippen LogP contribution >= 0.6 is 0 Å². The summed E-state index contributed by atoms with van der Waals surface area (Å²) < 4.78 is 0. The smallest absolute Gasteiger partial charge is 0.251 e. The largest absolute Gasteiger partial charge is 0.385 e. The lowest BCUT2D eigenvalue weighted by atomic mass is 10.1. The average Bonchev–Trinajstić information content (AvgIpc) is 2.48. The summed E-state index contributed by atoms with van der Waals surface area (Å²) in [6.45, 7) is 5.43. The minimum Gasteiger partial charge on any atom is -0.385 e. The van der Waals surface area contributed by atoms with E-state index in [2.05, 4.69) is 22.5 Å². The van der Waals surface area contributed by atoms with Crippen molar-refractivity contribution in [3.63, 3.8) is 0 Å². The number of carbonyl (C=O) groups is 1. The number of nitrogens with zero attached hydrogens (tertiary/aromatic N) is 1. The molecule has 0 atom stereocenters. The summed E-state index contributed by atoms with van der Waals surface area (Å²) in [5, 5.41) is 6.17. The fourth-order valence-electron chi connectivity index (χ4n) is 1.98. The van der Waals surface area contributed by atoms with Gasteiger partial charge >= 0.3 is 0 Å². The Labute approximate surface area is 119 Å². The molecule has 2 rings (SSSR count). The Morgan fingerprint density at radius 3 is 2.60 bits per heavy atom. The molecule has 4 nitrogen and oxygen atoms in total. The van der Waals surface area contributed by atoms with E-state index in [1.165, 1.54) is 0 Å². The molecule has 104 valence electrons. The van der Waals surface area contributed by atoms with E-state index in [4.69, 9.17) is 0 Å². The van der Waals surface area contributed by atoms with Gasteiger partial charge in [-0.25, -0.2) is 0 Å². The van der Waals surface area contributed by atoms with Gasteiger partial charge < -0.3 is 10.6 Å². The van der Waals surface area contributed by atoms with Gasteiger partial charge in [0, 0.05) is 36.7 Å². The summed E-state index contributed by atoms with van der Waals surface area (Å²) in [7, 11) is 0. The Morgan fingerprint density at radius 1 is 1.20 bits per heavy atom. The second-order valence-electron chi connectivity index (χ2n) is 4.60. The summed E-state index contributed by atoms with van der Waals surface area (Å²) >= 11 is 0. The third-order valence-electron chi connectivity index (χ3n) is 3.06. The number of pyridine rings is 1. The van der Waals surface area contributed by atoms with Crippen LogP contribution in [0.5, 0.6) is 0 Å². The number of aryl methyl sites for hydroxylation is 1. The molecule has 1 aromatic carbocycles. The van der Waals surface area contributed by atoms with Crippen LogP contribution in [0, 0.1) is 6.92 Å². The van der Waals surface area contributed by atoms with Crippen LogP contribution in [0.2, 0.25) is 0 Å². The molecule has 0 saturated heterocycles. The van der Waals surface area contributed by atoms with E-state index in [0.717, 1.165) is 23.4 Å². The second kappa shape index (κ2) is 6.70. The molecule has 0 aliphatic rings. The second-order valence-corrected chi connectivity index (χ2v) is 4.60. The molecule has 0 radical (unpaired) electrons. The zero-order valence-corrected chi connectivity index (χ0v) is 11.8. The van der Waals surface area contributed by atoms with Crippen molar-refractivity contribution in [2.24, 2.45) is 0 Å². The topological polar surface area (TPSA) is 54.0 Å². The van der Waals surface area contributed by atoms with Gasteiger partial charge in [-0.15, -0.1) is 0 Å². The first-order valence-electron chi connectivity index (χ1n) is 6.72. The Hall–Kier alpha value is -2.36. The highest BCUT2D eigenvalue weighted by Gasteiger charge is 2.07. The van der Waals surface area contributed by atoms with Gasteiger partial charge in [0.1, 0.15) is 0 Å². The minimum atomic E-state index is -0.0621. The Morgan fingerprint density at radius 2 is 1.95 bits per heavy atom. The molecule has 0 unspecified atom stereocenters. The van der Waals surface area contributed by atoms with Gasteiger partial charge in [-0.1, -0.05) is 0 Å². The van der Waals surface area contributed by atoms with E-state index >= 15 is 0 Å². The van der Waals surface area contributed by atoms with Gasteiger partial charge in [0.25, 0.3) is 5.91 Å². The SMILES string of the molecule is CCNc1ccc(C(=O)NCc2ccncc2)cc1C. The van der Waals surface area contributed by atoms with Gasteiger partial charge in [-0.3, -0.25) is 9.78 Å². The molecular formula is C16H19N3O. The van der Waals surface area contributed by atoms with Gasteiger partial charge in [-0.05, 0) is 55.3 Å². The van der Waals surface area contributed by atoms with Crippen molar-refractivity contribution in [2.75, 3.05) is 11.9 Å². The van der Waals surface area contributed by atoms with Crippen LogP contribution in [0.15, 0.2) is 42.7 Å². The Balaban J connectivity index is 2.00. The summed E-state index contributed by atoms with van der Waals surface area (Å²) in [5.74, 6) is -0.0621. The number of hydrogen-bond acceptors (Lipinski definition) is 3. The maximum Gasteiger partial charge on any atom is 0.251 e. The molecule has 0 saturated carbocycles. The molecule has 2 N–H and O–H groups in total. The molecular weight excluding hydrogens is 250 g/mol. The van der Waals surface area contributed by atoms with Crippen molar-refractivity contribution in [3.8, 4) is 0 Å². The first-order valence-corrected chi connectivity index (χ1v) is 6.72. The number of nitrogens with one attached hydrogen (secondary N) is 2. The lowest BCUT2D eigenvalue weighted by Gasteiger charge is -2.10.